The number of hydrogen-bond donors (Lipinski definition) is 0. The highest BCUT2D eigenvalue weighted by molar-refractivity contribution is 6.34. The van der Waals surface area contributed by atoms with Gasteiger partial charge < -0.3 is 9.47 Å². The van der Waals surface area contributed by atoms with Gasteiger partial charge in [-0.05, 0) is 36.8 Å². The Bertz CT molecular complexity index is 845. The lowest BCUT2D eigenvalue weighted by Crippen LogP contribution is -2.26. The SMILES string of the molecule is Cc1c(Cl)nc(C2(Cc3ccc4c(c3)OCO4)C=CC=N2)nc1Cl. The number of aromatic nitrogens is 2. The molecule has 24 heavy (non-hydrogen) atoms. The van der Waals surface area contributed by atoms with Gasteiger partial charge in [-0.15, -0.1) is 0 Å². The molecule has 0 radical (unpaired) electrons. The molecule has 122 valence electrons. The fourth-order valence-electron chi connectivity index (χ4n) is 2.76. The average molecular weight is 362 g/mol. The predicted octanol–water partition coefficient (Wildman–Crippen LogP) is 3.90. The minimum Gasteiger partial charge on any atom is -0.454 e. The summed E-state index contributed by atoms with van der Waals surface area (Å²) in [5.74, 6) is 1.95. The van der Waals surface area contributed by atoms with Gasteiger partial charge in [-0.2, -0.15) is 0 Å². The Labute approximate surface area is 149 Å². The van der Waals surface area contributed by atoms with Crippen molar-refractivity contribution in [1.82, 2.24) is 9.97 Å². The molecule has 0 fully saturated rings. The first-order chi connectivity index (χ1) is 11.6. The molecule has 0 saturated heterocycles. The third-order valence-electron chi connectivity index (χ3n) is 4.09. The molecule has 1 atom stereocenters. The summed E-state index contributed by atoms with van der Waals surface area (Å²) < 4.78 is 10.8. The number of halogens is 2. The van der Waals surface area contributed by atoms with Crippen LogP contribution in [0.3, 0.4) is 0 Å². The third kappa shape index (κ3) is 2.54. The largest absolute Gasteiger partial charge is 0.454 e. The van der Waals surface area contributed by atoms with Gasteiger partial charge in [0, 0.05) is 18.2 Å². The van der Waals surface area contributed by atoms with Crippen LogP contribution in [0.5, 0.6) is 11.5 Å². The summed E-state index contributed by atoms with van der Waals surface area (Å²) >= 11 is 12.4. The van der Waals surface area contributed by atoms with Gasteiger partial charge in [0.25, 0.3) is 0 Å². The maximum Gasteiger partial charge on any atom is 0.231 e. The predicted molar refractivity (Wildman–Crippen MR) is 92.4 cm³/mol. The number of benzene rings is 1. The number of hydrogen-bond acceptors (Lipinski definition) is 5. The molecule has 5 nitrogen and oxygen atoms in total. The second-order valence-corrected chi connectivity index (χ2v) is 6.40. The minimum absolute atomic E-state index is 0.244. The summed E-state index contributed by atoms with van der Waals surface area (Å²) in [7, 11) is 0. The van der Waals surface area contributed by atoms with E-state index in [-0.39, 0.29) is 6.79 Å². The van der Waals surface area contributed by atoms with Gasteiger partial charge in [0.2, 0.25) is 6.79 Å². The van der Waals surface area contributed by atoms with Gasteiger partial charge in [0.1, 0.15) is 15.8 Å². The van der Waals surface area contributed by atoms with Crippen LogP contribution in [0.2, 0.25) is 10.3 Å². The standard InChI is InChI=1S/C17H13Cl2N3O2/c1-10-14(18)21-16(22-15(10)19)17(5-2-6-20-17)8-11-3-4-12-13(7-11)24-9-23-12/h2-7H,8-9H2,1H3. The van der Waals surface area contributed by atoms with E-state index in [4.69, 9.17) is 32.7 Å². The van der Waals surface area contributed by atoms with Crippen molar-refractivity contribution in [3.05, 3.63) is 57.6 Å². The summed E-state index contributed by atoms with van der Waals surface area (Å²) in [4.78, 5) is 13.4. The molecular formula is C17H13Cl2N3O2. The molecule has 0 bridgehead atoms. The van der Waals surface area contributed by atoms with E-state index in [0.717, 1.165) is 17.1 Å². The van der Waals surface area contributed by atoms with Crippen LogP contribution in [0.1, 0.15) is 17.0 Å². The first-order valence-corrected chi connectivity index (χ1v) is 8.15. The Kier molecular flexibility index (Phi) is 3.70. The molecule has 3 heterocycles. The number of rotatable bonds is 3. The number of ether oxygens (including phenoxy) is 2. The van der Waals surface area contributed by atoms with Crippen LogP contribution in [0, 0.1) is 6.92 Å². The van der Waals surface area contributed by atoms with Crippen molar-refractivity contribution in [3.63, 3.8) is 0 Å². The van der Waals surface area contributed by atoms with E-state index >= 15 is 0 Å². The lowest BCUT2D eigenvalue weighted by atomic mass is 9.90. The van der Waals surface area contributed by atoms with Gasteiger partial charge in [0.15, 0.2) is 17.3 Å². The highest BCUT2D eigenvalue weighted by Gasteiger charge is 2.35. The van der Waals surface area contributed by atoms with Crippen molar-refractivity contribution in [2.75, 3.05) is 6.79 Å². The highest BCUT2D eigenvalue weighted by atomic mass is 35.5. The van der Waals surface area contributed by atoms with Gasteiger partial charge >= 0.3 is 0 Å². The van der Waals surface area contributed by atoms with Crippen LogP contribution in [0.4, 0.5) is 0 Å². The molecule has 1 aromatic carbocycles. The Hall–Kier alpha value is -2.11. The molecule has 2 aromatic rings. The van der Waals surface area contributed by atoms with Crippen LogP contribution in [-0.2, 0) is 12.0 Å². The van der Waals surface area contributed by atoms with Crippen LogP contribution in [0.25, 0.3) is 0 Å². The van der Waals surface area contributed by atoms with Gasteiger partial charge in [0.05, 0.1) is 0 Å². The summed E-state index contributed by atoms with van der Waals surface area (Å²) in [5, 5.41) is 0.677. The van der Waals surface area contributed by atoms with E-state index in [9.17, 15) is 0 Å². The molecule has 0 saturated carbocycles. The smallest absolute Gasteiger partial charge is 0.231 e. The molecular weight excluding hydrogens is 349 g/mol. The normalized spacial score (nSPS) is 20.8. The monoisotopic (exact) mass is 361 g/mol. The molecule has 1 aromatic heterocycles. The van der Waals surface area contributed by atoms with E-state index in [1.54, 1.807) is 13.1 Å². The number of aliphatic imine (C=N–C) groups is 1. The van der Waals surface area contributed by atoms with Gasteiger partial charge in [-0.3, -0.25) is 4.99 Å². The van der Waals surface area contributed by atoms with Crippen molar-refractivity contribution in [2.24, 2.45) is 4.99 Å². The Morgan fingerprint density at radius 1 is 1.12 bits per heavy atom. The topological polar surface area (TPSA) is 56.6 Å². The average Bonchev–Trinajstić information content (AvgIpc) is 3.21. The number of allylic oxidation sites excluding steroid dienone is 1. The van der Waals surface area contributed by atoms with E-state index in [1.165, 1.54) is 0 Å². The van der Waals surface area contributed by atoms with Crippen molar-refractivity contribution < 1.29 is 9.47 Å². The summed E-state index contributed by atoms with van der Waals surface area (Å²) in [6.07, 6.45) is 6.12. The molecule has 2 aliphatic heterocycles. The summed E-state index contributed by atoms with van der Waals surface area (Å²) in [6, 6.07) is 5.82. The quantitative estimate of drug-likeness (QED) is 0.778. The zero-order valence-corrected chi connectivity index (χ0v) is 14.3. The van der Waals surface area contributed by atoms with Gasteiger partial charge in [-0.25, -0.2) is 9.97 Å². The fourth-order valence-corrected chi connectivity index (χ4v) is 3.14. The zero-order chi connectivity index (χ0) is 16.7. The Balaban J connectivity index is 1.75. The molecule has 4 rings (SSSR count). The van der Waals surface area contributed by atoms with Gasteiger partial charge in [-0.1, -0.05) is 29.3 Å². The highest BCUT2D eigenvalue weighted by Crippen LogP contribution is 2.38. The summed E-state index contributed by atoms with van der Waals surface area (Å²) in [6.45, 7) is 2.03. The maximum absolute atomic E-state index is 6.19. The Morgan fingerprint density at radius 2 is 1.88 bits per heavy atom. The molecule has 0 spiro atoms. The Morgan fingerprint density at radius 3 is 2.58 bits per heavy atom. The first-order valence-electron chi connectivity index (χ1n) is 7.39. The second-order valence-electron chi connectivity index (χ2n) is 5.68. The molecule has 0 amide bonds. The van der Waals surface area contributed by atoms with Crippen molar-refractivity contribution in [2.45, 2.75) is 18.9 Å². The molecule has 0 N–H and O–H groups in total. The molecule has 1 unspecified atom stereocenters. The number of nitrogens with zero attached hydrogens (tertiary/aromatic N) is 3. The van der Waals surface area contributed by atoms with E-state index in [1.807, 2.05) is 30.4 Å². The van der Waals surface area contributed by atoms with Crippen LogP contribution >= 0.6 is 23.2 Å². The fraction of sp³-hybridized carbons (Fsp3) is 0.235. The van der Waals surface area contributed by atoms with Crippen molar-refractivity contribution >= 4 is 29.4 Å². The van der Waals surface area contributed by atoms with E-state index in [2.05, 4.69) is 15.0 Å². The minimum atomic E-state index is -0.728. The molecule has 2 aliphatic rings. The van der Waals surface area contributed by atoms with Crippen LogP contribution in [0.15, 0.2) is 35.3 Å². The molecule has 0 aliphatic carbocycles. The van der Waals surface area contributed by atoms with E-state index in [0.29, 0.717) is 28.1 Å². The first kappa shape index (κ1) is 15.4. The van der Waals surface area contributed by atoms with Crippen molar-refractivity contribution in [3.8, 4) is 11.5 Å². The second kappa shape index (κ2) is 5.76. The van der Waals surface area contributed by atoms with Crippen molar-refractivity contribution in [1.29, 1.82) is 0 Å². The summed E-state index contributed by atoms with van der Waals surface area (Å²) in [5.41, 5.74) is 0.958. The number of fused-ring (bicyclic) bond motifs is 1. The molecule has 7 heteroatoms. The third-order valence-corrected chi connectivity index (χ3v) is 4.82. The lowest BCUT2D eigenvalue weighted by Gasteiger charge is -2.23. The van der Waals surface area contributed by atoms with E-state index < -0.39 is 5.54 Å². The van der Waals surface area contributed by atoms with Crippen LogP contribution < -0.4 is 9.47 Å². The lowest BCUT2D eigenvalue weighted by molar-refractivity contribution is 0.174. The maximum atomic E-state index is 6.19. The van der Waals surface area contributed by atoms with Crippen LogP contribution in [-0.4, -0.2) is 23.0 Å². The zero-order valence-electron chi connectivity index (χ0n) is 12.8.